The molecule has 1 unspecified atom stereocenters. The Morgan fingerprint density at radius 3 is 2.62 bits per heavy atom. The van der Waals surface area contributed by atoms with E-state index in [4.69, 9.17) is 4.42 Å². The molecule has 0 saturated carbocycles. The summed E-state index contributed by atoms with van der Waals surface area (Å²) in [6, 6.07) is 2.13. The van der Waals surface area contributed by atoms with Crippen molar-refractivity contribution in [1.82, 2.24) is 15.3 Å². The van der Waals surface area contributed by atoms with Crippen LogP contribution in [-0.2, 0) is 0 Å². The van der Waals surface area contributed by atoms with Crippen LogP contribution in [0.3, 0.4) is 0 Å². The van der Waals surface area contributed by atoms with Crippen molar-refractivity contribution in [2.45, 2.75) is 19.9 Å². The minimum atomic E-state index is 0.101. The number of nitrogens with one attached hydrogen (secondary N) is 1. The minimum absolute atomic E-state index is 0.101. The molecule has 0 radical (unpaired) electrons. The van der Waals surface area contributed by atoms with Gasteiger partial charge in [-0.05, 0) is 19.5 Å². The van der Waals surface area contributed by atoms with Crippen LogP contribution in [0.2, 0.25) is 0 Å². The second kappa shape index (κ2) is 4.90. The van der Waals surface area contributed by atoms with Crippen molar-refractivity contribution in [3.8, 4) is 0 Å². The maximum Gasteiger partial charge on any atom is 0.115 e. The number of furan rings is 1. The van der Waals surface area contributed by atoms with Crippen molar-refractivity contribution >= 4 is 0 Å². The van der Waals surface area contributed by atoms with Crippen LogP contribution in [-0.4, -0.2) is 16.5 Å². The van der Waals surface area contributed by atoms with Crippen LogP contribution in [0.15, 0.2) is 35.5 Å². The third-order valence-electron chi connectivity index (χ3n) is 2.41. The van der Waals surface area contributed by atoms with E-state index in [1.807, 2.05) is 25.4 Å². The molecule has 0 fully saturated rings. The highest BCUT2D eigenvalue weighted by atomic mass is 16.3. The van der Waals surface area contributed by atoms with Crippen molar-refractivity contribution in [3.05, 3.63) is 47.9 Å². The van der Waals surface area contributed by atoms with Crippen molar-refractivity contribution < 1.29 is 4.42 Å². The molecular weight excluding hydrogens is 202 g/mol. The molecule has 0 aromatic carbocycles. The number of aryl methyl sites for hydroxylation is 1. The van der Waals surface area contributed by atoms with E-state index < -0.39 is 0 Å². The van der Waals surface area contributed by atoms with Gasteiger partial charge < -0.3 is 9.73 Å². The average Bonchev–Trinajstić information content (AvgIpc) is 2.74. The molecule has 0 amide bonds. The molecule has 2 aromatic heterocycles. The van der Waals surface area contributed by atoms with Gasteiger partial charge in [-0.1, -0.05) is 6.92 Å². The summed E-state index contributed by atoms with van der Waals surface area (Å²) in [6.45, 7) is 4.89. The van der Waals surface area contributed by atoms with Crippen molar-refractivity contribution in [2.24, 2.45) is 0 Å². The largest absolute Gasteiger partial charge is 0.469 e. The second-order valence-electron chi connectivity index (χ2n) is 3.65. The van der Waals surface area contributed by atoms with Gasteiger partial charge in [-0.2, -0.15) is 0 Å². The molecule has 2 rings (SSSR count). The maximum atomic E-state index is 5.33. The standard InChI is InChI=1S/C12H15N3O/c1-3-15-12(10-4-9(2)16-7-10)11-5-13-8-14-6-11/h4-8,12,15H,3H2,1-2H3. The summed E-state index contributed by atoms with van der Waals surface area (Å²) >= 11 is 0. The van der Waals surface area contributed by atoms with Gasteiger partial charge in [0.15, 0.2) is 0 Å². The van der Waals surface area contributed by atoms with E-state index in [1.54, 1.807) is 6.26 Å². The van der Waals surface area contributed by atoms with E-state index in [-0.39, 0.29) is 6.04 Å². The number of hydrogen-bond acceptors (Lipinski definition) is 4. The summed E-state index contributed by atoms with van der Waals surface area (Å²) in [7, 11) is 0. The van der Waals surface area contributed by atoms with Gasteiger partial charge in [0.25, 0.3) is 0 Å². The predicted molar refractivity (Wildman–Crippen MR) is 61.0 cm³/mol. The zero-order chi connectivity index (χ0) is 11.4. The van der Waals surface area contributed by atoms with Gasteiger partial charge in [0.2, 0.25) is 0 Å². The highest BCUT2D eigenvalue weighted by molar-refractivity contribution is 5.27. The Labute approximate surface area is 94.7 Å². The highest BCUT2D eigenvalue weighted by Gasteiger charge is 2.15. The number of nitrogens with zero attached hydrogens (tertiary/aromatic N) is 2. The Balaban J connectivity index is 2.31. The molecule has 2 heterocycles. The Kier molecular flexibility index (Phi) is 3.31. The number of rotatable bonds is 4. The van der Waals surface area contributed by atoms with Crippen LogP contribution >= 0.6 is 0 Å². The van der Waals surface area contributed by atoms with Crippen molar-refractivity contribution in [1.29, 1.82) is 0 Å². The Hall–Kier alpha value is -1.68. The van der Waals surface area contributed by atoms with Crippen molar-refractivity contribution in [2.75, 3.05) is 6.54 Å². The Morgan fingerprint density at radius 1 is 1.31 bits per heavy atom. The van der Waals surface area contributed by atoms with E-state index in [1.165, 1.54) is 6.33 Å². The fourth-order valence-corrected chi connectivity index (χ4v) is 1.71. The summed E-state index contributed by atoms with van der Waals surface area (Å²) in [5, 5.41) is 3.39. The minimum Gasteiger partial charge on any atom is -0.469 e. The van der Waals surface area contributed by atoms with Gasteiger partial charge in [-0.3, -0.25) is 0 Å². The molecule has 84 valence electrons. The first-order valence-corrected chi connectivity index (χ1v) is 5.34. The number of aromatic nitrogens is 2. The molecule has 0 aliphatic heterocycles. The lowest BCUT2D eigenvalue weighted by Gasteiger charge is -2.15. The lowest BCUT2D eigenvalue weighted by Crippen LogP contribution is -2.21. The summed E-state index contributed by atoms with van der Waals surface area (Å²) < 4.78 is 5.33. The van der Waals surface area contributed by atoms with E-state index >= 15 is 0 Å². The monoisotopic (exact) mass is 217 g/mol. The van der Waals surface area contributed by atoms with Gasteiger partial charge >= 0.3 is 0 Å². The van der Waals surface area contributed by atoms with Gasteiger partial charge in [0, 0.05) is 23.5 Å². The summed E-state index contributed by atoms with van der Waals surface area (Å²) in [6.07, 6.45) is 6.95. The molecule has 0 saturated heterocycles. The topological polar surface area (TPSA) is 51.0 Å². The second-order valence-corrected chi connectivity index (χ2v) is 3.65. The lowest BCUT2D eigenvalue weighted by molar-refractivity contribution is 0.525. The first-order valence-electron chi connectivity index (χ1n) is 5.34. The lowest BCUT2D eigenvalue weighted by atomic mass is 10.0. The van der Waals surface area contributed by atoms with Gasteiger partial charge in [0.1, 0.15) is 12.1 Å². The van der Waals surface area contributed by atoms with E-state index in [0.29, 0.717) is 0 Å². The van der Waals surface area contributed by atoms with Gasteiger partial charge in [-0.25, -0.2) is 9.97 Å². The third kappa shape index (κ3) is 2.28. The third-order valence-corrected chi connectivity index (χ3v) is 2.41. The molecule has 0 bridgehead atoms. The predicted octanol–water partition coefficient (Wildman–Crippen LogP) is 2.08. The van der Waals surface area contributed by atoms with Crippen LogP contribution in [0.5, 0.6) is 0 Å². The van der Waals surface area contributed by atoms with Gasteiger partial charge in [0.05, 0.1) is 12.3 Å². The molecule has 1 atom stereocenters. The molecule has 2 aromatic rings. The Morgan fingerprint density at radius 2 is 2.06 bits per heavy atom. The van der Waals surface area contributed by atoms with Crippen LogP contribution in [0, 0.1) is 6.92 Å². The fraction of sp³-hybridized carbons (Fsp3) is 0.333. The van der Waals surface area contributed by atoms with E-state index in [0.717, 1.165) is 23.4 Å². The normalized spacial score (nSPS) is 12.6. The summed E-state index contributed by atoms with van der Waals surface area (Å²) in [5.41, 5.74) is 2.15. The molecule has 16 heavy (non-hydrogen) atoms. The first-order chi connectivity index (χ1) is 7.81. The van der Waals surface area contributed by atoms with Crippen LogP contribution in [0.1, 0.15) is 29.9 Å². The van der Waals surface area contributed by atoms with Crippen LogP contribution in [0.25, 0.3) is 0 Å². The fourth-order valence-electron chi connectivity index (χ4n) is 1.71. The quantitative estimate of drug-likeness (QED) is 0.851. The molecule has 0 aliphatic carbocycles. The zero-order valence-electron chi connectivity index (χ0n) is 9.47. The van der Waals surface area contributed by atoms with Crippen LogP contribution < -0.4 is 5.32 Å². The summed E-state index contributed by atoms with van der Waals surface area (Å²) in [5.74, 6) is 0.912. The van der Waals surface area contributed by atoms with Gasteiger partial charge in [-0.15, -0.1) is 0 Å². The molecule has 1 N–H and O–H groups in total. The van der Waals surface area contributed by atoms with Crippen LogP contribution in [0.4, 0.5) is 0 Å². The van der Waals surface area contributed by atoms with E-state index in [2.05, 4.69) is 22.2 Å². The zero-order valence-corrected chi connectivity index (χ0v) is 9.47. The summed E-state index contributed by atoms with van der Waals surface area (Å²) in [4.78, 5) is 8.08. The van der Waals surface area contributed by atoms with E-state index in [9.17, 15) is 0 Å². The SMILES string of the molecule is CCNC(c1cncnc1)c1coc(C)c1. The molecule has 4 heteroatoms. The number of hydrogen-bond donors (Lipinski definition) is 1. The molecule has 4 nitrogen and oxygen atoms in total. The molecule has 0 aliphatic rings. The van der Waals surface area contributed by atoms with Crippen molar-refractivity contribution in [3.63, 3.8) is 0 Å². The smallest absolute Gasteiger partial charge is 0.115 e. The average molecular weight is 217 g/mol. The molecule has 0 spiro atoms. The Bertz CT molecular complexity index is 439. The highest BCUT2D eigenvalue weighted by Crippen LogP contribution is 2.22. The first kappa shape index (κ1) is 10.8. The maximum absolute atomic E-state index is 5.33. The molecular formula is C12H15N3O.